The third kappa shape index (κ3) is 8.54. The van der Waals surface area contributed by atoms with Crippen LogP contribution in [-0.2, 0) is 4.79 Å². The average molecular weight is 521 g/mol. The summed E-state index contributed by atoms with van der Waals surface area (Å²) in [5.74, 6) is 4.55. The first-order chi connectivity index (χ1) is 18.7. The van der Waals surface area contributed by atoms with E-state index in [1.165, 1.54) is 77.0 Å². The zero-order valence-electron chi connectivity index (χ0n) is 23.7. The number of esters is 1. The highest BCUT2D eigenvalue weighted by molar-refractivity contribution is 5.75. The molecule has 0 N–H and O–H groups in total. The second-order valence-corrected chi connectivity index (χ2v) is 11.6. The molecule has 0 radical (unpaired) electrons. The maximum atomic E-state index is 12.9. The van der Waals surface area contributed by atoms with Gasteiger partial charge >= 0.3 is 5.97 Å². The number of carbonyl (C=O) groups excluding carboxylic acids is 1. The van der Waals surface area contributed by atoms with E-state index in [1.54, 1.807) is 12.4 Å². The first-order valence-electron chi connectivity index (χ1n) is 15.4. The molecule has 0 aliphatic heterocycles. The van der Waals surface area contributed by atoms with Gasteiger partial charge in [-0.1, -0.05) is 65.2 Å². The molecule has 2 aliphatic carbocycles. The van der Waals surface area contributed by atoms with Crippen molar-refractivity contribution in [2.75, 3.05) is 6.61 Å². The quantitative estimate of drug-likeness (QED) is 0.150. The number of hydrogen-bond donors (Lipinski definition) is 0. The number of rotatable bonds is 13. The number of nitrogens with zero attached hydrogens (tertiary/aromatic N) is 2. The van der Waals surface area contributed by atoms with Gasteiger partial charge in [-0.3, -0.25) is 4.79 Å². The largest absolute Gasteiger partial charge is 0.490 e. The van der Waals surface area contributed by atoms with Gasteiger partial charge in [-0.05, 0) is 87.0 Å². The van der Waals surface area contributed by atoms with Crippen LogP contribution in [0.3, 0.4) is 0 Å². The summed E-state index contributed by atoms with van der Waals surface area (Å²) in [6.07, 6.45) is 22.2. The van der Waals surface area contributed by atoms with Crippen LogP contribution in [0.25, 0.3) is 11.4 Å². The third-order valence-corrected chi connectivity index (χ3v) is 8.84. The summed E-state index contributed by atoms with van der Waals surface area (Å²) >= 11 is 0. The van der Waals surface area contributed by atoms with Gasteiger partial charge in [0.05, 0.1) is 24.9 Å². The van der Waals surface area contributed by atoms with E-state index in [-0.39, 0.29) is 11.9 Å². The van der Waals surface area contributed by atoms with Gasteiger partial charge in [-0.15, -0.1) is 0 Å². The Morgan fingerprint density at radius 3 is 2.03 bits per heavy atom. The molecule has 0 amide bonds. The molecule has 4 rings (SSSR count). The zero-order chi connectivity index (χ0) is 26.6. The monoisotopic (exact) mass is 520 g/mol. The van der Waals surface area contributed by atoms with E-state index in [2.05, 4.69) is 23.8 Å². The maximum absolute atomic E-state index is 12.9. The van der Waals surface area contributed by atoms with E-state index in [9.17, 15) is 4.79 Å². The van der Waals surface area contributed by atoms with Gasteiger partial charge in [0, 0.05) is 5.56 Å². The summed E-state index contributed by atoms with van der Waals surface area (Å²) in [6, 6.07) is 7.52. The number of ether oxygens (including phenoxy) is 2. The van der Waals surface area contributed by atoms with E-state index in [0.29, 0.717) is 23.9 Å². The third-order valence-electron chi connectivity index (χ3n) is 8.84. The summed E-state index contributed by atoms with van der Waals surface area (Å²) in [7, 11) is 0. The van der Waals surface area contributed by atoms with Crippen LogP contribution in [0.15, 0.2) is 36.7 Å². The van der Waals surface area contributed by atoms with Crippen molar-refractivity contribution < 1.29 is 14.3 Å². The van der Waals surface area contributed by atoms with Crippen LogP contribution in [0, 0.1) is 23.7 Å². The van der Waals surface area contributed by atoms with Crippen molar-refractivity contribution in [2.24, 2.45) is 23.7 Å². The predicted molar refractivity (Wildman–Crippen MR) is 153 cm³/mol. The Labute approximate surface area is 230 Å². The lowest BCUT2D eigenvalue weighted by Crippen LogP contribution is -2.30. The Morgan fingerprint density at radius 1 is 0.763 bits per heavy atom. The van der Waals surface area contributed by atoms with Crippen LogP contribution < -0.4 is 9.47 Å². The number of unbranched alkanes of at least 4 members (excludes halogenated alkanes) is 4. The number of benzene rings is 1. The SMILES string of the molecule is CCCCCCCOc1cnc(-c2ccc(OC(=O)[C@H]3CC[C@H]([C@H]4CC[C@H](CCC)CC4)CC3)cc2)nc1. The Kier molecular flexibility index (Phi) is 11.5. The second-order valence-electron chi connectivity index (χ2n) is 11.6. The van der Waals surface area contributed by atoms with Gasteiger partial charge in [0.25, 0.3) is 0 Å². The van der Waals surface area contributed by atoms with Crippen LogP contribution in [0.4, 0.5) is 0 Å². The normalized spacial score (nSPS) is 23.6. The van der Waals surface area contributed by atoms with Crippen LogP contribution >= 0.6 is 0 Å². The lowest BCUT2D eigenvalue weighted by molar-refractivity contribution is -0.140. The molecule has 2 saturated carbocycles. The van der Waals surface area contributed by atoms with Gasteiger partial charge in [0.15, 0.2) is 11.6 Å². The Balaban J connectivity index is 1.18. The van der Waals surface area contributed by atoms with E-state index in [1.807, 2.05) is 24.3 Å². The number of carbonyl (C=O) groups is 1. The maximum Gasteiger partial charge on any atom is 0.314 e. The van der Waals surface area contributed by atoms with Crippen molar-refractivity contribution in [1.82, 2.24) is 9.97 Å². The topological polar surface area (TPSA) is 61.3 Å². The zero-order valence-corrected chi connectivity index (χ0v) is 23.7. The van der Waals surface area contributed by atoms with E-state index in [0.717, 1.165) is 42.6 Å². The van der Waals surface area contributed by atoms with Crippen LogP contribution in [0.5, 0.6) is 11.5 Å². The minimum Gasteiger partial charge on any atom is -0.490 e. The van der Waals surface area contributed by atoms with Crippen molar-refractivity contribution >= 4 is 5.97 Å². The molecule has 5 heteroatoms. The van der Waals surface area contributed by atoms with Crippen LogP contribution in [0.1, 0.15) is 110 Å². The molecule has 2 aliphatic rings. The predicted octanol–water partition coefficient (Wildman–Crippen LogP) is 8.81. The molecular weight excluding hydrogens is 472 g/mol. The molecule has 0 bridgehead atoms. The molecule has 1 aromatic heterocycles. The van der Waals surface area contributed by atoms with Gasteiger partial charge in [-0.2, -0.15) is 0 Å². The molecule has 208 valence electrons. The first-order valence-corrected chi connectivity index (χ1v) is 15.4. The Bertz CT molecular complexity index is 943. The highest BCUT2D eigenvalue weighted by Gasteiger charge is 2.33. The van der Waals surface area contributed by atoms with Gasteiger partial charge in [0.2, 0.25) is 0 Å². The Morgan fingerprint density at radius 2 is 1.39 bits per heavy atom. The van der Waals surface area contributed by atoms with E-state index >= 15 is 0 Å². The van der Waals surface area contributed by atoms with Crippen molar-refractivity contribution in [3.05, 3.63) is 36.7 Å². The van der Waals surface area contributed by atoms with Gasteiger partial charge in [0.1, 0.15) is 5.75 Å². The molecule has 2 fully saturated rings. The molecular formula is C33H48N2O3. The van der Waals surface area contributed by atoms with E-state index in [4.69, 9.17) is 9.47 Å². The fourth-order valence-electron chi connectivity index (χ4n) is 6.49. The molecule has 0 spiro atoms. The van der Waals surface area contributed by atoms with Crippen molar-refractivity contribution in [2.45, 2.75) is 110 Å². The molecule has 38 heavy (non-hydrogen) atoms. The van der Waals surface area contributed by atoms with Crippen LogP contribution in [0.2, 0.25) is 0 Å². The van der Waals surface area contributed by atoms with E-state index < -0.39 is 0 Å². The second kappa shape index (κ2) is 15.2. The number of aromatic nitrogens is 2. The lowest BCUT2D eigenvalue weighted by Gasteiger charge is -2.37. The highest BCUT2D eigenvalue weighted by atomic mass is 16.5. The smallest absolute Gasteiger partial charge is 0.314 e. The van der Waals surface area contributed by atoms with Crippen molar-refractivity contribution in [3.63, 3.8) is 0 Å². The average Bonchev–Trinajstić information content (AvgIpc) is 2.96. The molecule has 2 aromatic rings. The number of hydrogen-bond acceptors (Lipinski definition) is 5. The summed E-state index contributed by atoms with van der Waals surface area (Å²) in [4.78, 5) is 21.8. The minimum atomic E-state index is -0.0738. The molecule has 0 atom stereocenters. The first kappa shape index (κ1) is 28.6. The lowest BCUT2D eigenvalue weighted by atomic mass is 9.69. The fraction of sp³-hybridized carbons (Fsp3) is 0.667. The standard InChI is InChI=1S/C33H48N2O3/c1-3-5-6-7-8-22-37-31-23-34-32(35-24-31)28-18-20-30(21-19-28)38-33(36)29-16-14-27(15-17-29)26-12-10-25(9-4-2)11-13-26/h18-21,23-27,29H,3-17,22H2,1-2H3/t25-,26-,27-,29-. The Hall–Kier alpha value is -2.43. The molecule has 5 nitrogen and oxygen atoms in total. The summed E-state index contributed by atoms with van der Waals surface area (Å²) in [5, 5.41) is 0. The molecule has 1 heterocycles. The van der Waals surface area contributed by atoms with Crippen LogP contribution in [-0.4, -0.2) is 22.5 Å². The molecule has 0 unspecified atom stereocenters. The van der Waals surface area contributed by atoms with Crippen molar-refractivity contribution in [3.8, 4) is 22.9 Å². The van der Waals surface area contributed by atoms with Gasteiger partial charge in [-0.25, -0.2) is 9.97 Å². The fourth-order valence-corrected chi connectivity index (χ4v) is 6.49. The summed E-state index contributed by atoms with van der Waals surface area (Å²) in [5.41, 5.74) is 0.894. The molecule has 1 aromatic carbocycles. The minimum absolute atomic E-state index is 0.0323. The summed E-state index contributed by atoms with van der Waals surface area (Å²) < 4.78 is 11.5. The molecule has 0 saturated heterocycles. The van der Waals surface area contributed by atoms with Crippen molar-refractivity contribution in [1.29, 1.82) is 0 Å². The highest BCUT2D eigenvalue weighted by Crippen LogP contribution is 2.42. The summed E-state index contributed by atoms with van der Waals surface area (Å²) in [6.45, 7) is 5.23. The van der Waals surface area contributed by atoms with Gasteiger partial charge < -0.3 is 9.47 Å².